The molecule has 0 radical (unpaired) electrons. The van der Waals surface area contributed by atoms with Gasteiger partial charge in [-0.1, -0.05) is 36.4 Å². The number of hydrogen-bond acceptors (Lipinski definition) is 4. The highest BCUT2D eigenvalue weighted by Crippen LogP contribution is 2.42. The van der Waals surface area contributed by atoms with Crippen molar-refractivity contribution < 1.29 is 44.2 Å². The van der Waals surface area contributed by atoms with Gasteiger partial charge < -0.3 is 9.47 Å². The molecule has 49 heavy (non-hydrogen) atoms. The standard InChI is InChI=1S/C38H24F6O4S/c1-47-33-15-11-23(39)19-27(33)21-9-13-25(31(43)17-21)37-29(41)5-3-7-35(37)49(45,46)36-8-4-6-30(42)38(36)26-14-10-22(18-32(26)44)28-20-24(40)12-16-34(28)48-2/h3-20H,1-2H3. The Morgan fingerprint density at radius 2 is 0.857 bits per heavy atom. The topological polar surface area (TPSA) is 52.6 Å². The van der Waals surface area contributed by atoms with E-state index in [2.05, 4.69) is 0 Å². The zero-order valence-corrected chi connectivity index (χ0v) is 26.5. The molecule has 11 heteroatoms. The summed E-state index contributed by atoms with van der Waals surface area (Å²) in [4.78, 5) is -1.42. The Kier molecular flexibility index (Phi) is 8.96. The van der Waals surface area contributed by atoms with Crippen LogP contribution < -0.4 is 9.47 Å². The summed E-state index contributed by atoms with van der Waals surface area (Å²) >= 11 is 0. The first kappa shape index (κ1) is 33.4. The predicted molar refractivity (Wildman–Crippen MR) is 173 cm³/mol. The van der Waals surface area contributed by atoms with Crippen molar-refractivity contribution in [3.8, 4) is 56.0 Å². The van der Waals surface area contributed by atoms with Gasteiger partial charge in [0.2, 0.25) is 9.84 Å². The minimum Gasteiger partial charge on any atom is -0.496 e. The molecule has 248 valence electrons. The van der Waals surface area contributed by atoms with E-state index < -0.39 is 76.8 Å². The van der Waals surface area contributed by atoms with E-state index in [1.54, 1.807) is 0 Å². The number of sulfone groups is 1. The first-order valence-corrected chi connectivity index (χ1v) is 16.0. The van der Waals surface area contributed by atoms with Crippen LogP contribution in [0.15, 0.2) is 119 Å². The molecule has 0 aliphatic rings. The minimum absolute atomic E-state index is 0.167. The molecule has 4 nitrogen and oxygen atoms in total. The maximum absolute atomic E-state index is 15.8. The van der Waals surface area contributed by atoms with Crippen molar-refractivity contribution in [2.24, 2.45) is 0 Å². The molecule has 0 saturated heterocycles. The normalized spacial score (nSPS) is 11.4. The molecule has 0 heterocycles. The molecule has 6 aromatic rings. The van der Waals surface area contributed by atoms with Crippen LogP contribution in [0.1, 0.15) is 0 Å². The Morgan fingerprint density at radius 1 is 0.449 bits per heavy atom. The maximum atomic E-state index is 15.8. The number of methoxy groups -OCH3 is 2. The van der Waals surface area contributed by atoms with E-state index in [9.17, 15) is 17.2 Å². The Morgan fingerprint density at radius 3 is 1.22 bits per heavy atom. The van der Waals surface area contributed by atoms with E-state index in [1.807, 2.05) is 0 Å². The molecule has 6 rings (SSSR count). The van der Waals surface area contributed by atoms with Crippen LogP contribution in [0.3, 0.4) is 0 Å². The van der Waals surface area contributed by atoms with E-state index in [0.717, 1.165) is 84.9 Å². The van der Waals surface area contributed by atoms with Gasteiger partial charge in [0, 0.05) is 33.4 Å². The summed E-state index contributed by atoms with van der Waals surface area (Å²) in [5.41, 5.74) is -1.48. The first-order chi connectivity index (χ1) is 23.4. The lowest BCUT2D eigenvalue weighted by atomic mass is 9.98. The van der Waals surface area contributed by atoms with Crippen molar-refractivity contribution in [1.29, 1.82) is 0 Å². The van der Waals surface area contributed by atoms with Crippen molar-refractivity contribution in [2.75, 3.05) is 14.2 Å². The predicted octanol–water partition coefficient (Wildman–Crippen LogP) is 10.0. The van der Waals surface area contributed by atoms with Crippen molar-refractivity contribution in [3.05, 3.63) is 144 Å². The van der Waals surface area contributed by atoms with Crippen LogP contribution in [0.2, 0.25) is 0 Å². The van der Waals surface area contributed by atoms with Gasteiger partial charge in [-0.3, -0.25) is 0 Å². The fourth-order valence-corrected chi connectivity index (χ4v) is 7.38. The highest BCUT2D eigenvalue weighted by atomic mass is 32.2. The molecule has 0 N–H and O–H groups in total. The number of rotatable bonds is 8. The van der Waals surface area contributed by atoms with Gasteiger partial charge in [-0.2, -0.15) is 0 Å². The van der Waals surface area contributed by atoms with Crippen LogP contribution in [0.5, 0.6) is 11.5 Å². The lowest BCUT2D eigenvalue weighted by molar-refractivity contribution is 0.415. The SMILES string of the molecule is COc1ccc(F)cc1-c1ccc(-c2c(F)cccc2S(=O)(=O)c2cccc(F)c2-c2ccc(-c3cc(F)ccc3OC)cc2F)c(F)c1. The Hall–Kier alpha value is -5.55. The maximum Gasteiger partial charge on any atom is 0.208 e. The smallest absolute Gasteiger partial charge is 0.208 e. The summed E-state index contributed by atoms with van der Waals surface area (Å²) in [6.45, 7) is 0. The summed E-state index contributed by atoms with van der Waals surface area (Å²) in [6, 6.07) is 20.3. The molecule has 0 unspecified atom stereocenters. The Balaban J connectivity index is 1.49. The highest BCUT2D eigenvalue weighted by molar-refractivity contribution is 7.91. The second-order valence-electron chi connectivity index (χ2n) is 10.8. The third-order valence-corrected chi connectivity index (χ3v) is 9.79. The molecule has 0 saturated carbocycles. The van der Waals surface area contributed by atoms with E-state index in [0.29, 0.717) is 0 Å². The van der Waals surface area contributed by atoms with E-state index in [-0.39, 0.29) is 33.8 Å². The molecule has 6 aromatic carbocycles. The zero-order valence-electron chi connectivity index (χ0n) is 25.7. The number of halogens is 6. The third kappa shape index (κ3) is 6.13. The van der Waals surface area contributed by atoms with Crippen LogP contribution >= 0.6 is 0 Å². The minimum atomic E-state index is -4.88. The molecule has 0 aliphatic heterocycles. The van der Waals surface area contributed by atoms with Gasteiger partial charge in [-0.05, 0) is 83.9 Å². The van der Waals surface area contributed by atoms with Gasteiger partial charge in [0.1, 0.15) is 46.4 Å². The number of benzene rings is 6. The van der Waals surface area contributed by atoms with Gasteiger partial charge in [-0.25, -0.2) is 34.8 Å². The van der Waals surface area contributed by atoms with Crippen molar-refractivity contribution in [3.63, 3.8) is 0 Å². The second kappa shape index (κ2) is 13.2. The second-order valence-corrected chi connectivity index (χ2v) is 12.7. The average molecular weight is 691 g/mol. The van der Waals surface area contributed by atoms with Crippen LogP contribution in [-0.2, 0) is 9.84 Å². The summed E-state index contributed by atoms with van der Waals surface area (Å²) in [5.74, 6) is -5.06. The number of ether oxygens (including phenoxy) is 2. The summed E-state index contributed by atoms with van der Waals surface area (Å²) in [5, 5.41) is 0. The van der Waals surface area contributed by atoms with E-state index in [4.69, 9.17) is 9.47 Å². The largest absolute Gasteiger partial charge is 0.496 e. The van der Waals surface area contributed by atoms with E-state index >= 15 is 17.6 Å². The van der Waals surface area contributed by atoms with Gasteiger partial charge in [0.25, 0.3) is 0 Å². The molecular formula is C38H24F6O4S. The molecule has 0 amide bonds. The molecule has 0 aliphatic carbocycles. The van der Waals surface area contributed by atoms with Crippen molar-refractivity contribution in [1.82, 2.24) is 0 Å². The van der Waals surface area contributed by atoms with Crippen LogP contribution in [0.25, 0.3) is 44.5 Å². The third-order valence-electron chi connectivity index (χ3n) is 7.95. The van der Waals surface area contributed by atoms with Crippen molar-refractivity contribution >= 4 is 9.84 Å². The zero-order chi connectivity index (χ0) is 35.0. The summed E-state index contributed by atoms with van der Waals surface area (Å²) in [6.07, 6.45) is 0. The fraction of sp³-hybridized carbons (Fsp3) is 0.0526. The quantitative estimate of drug-likeness (QED) is 0.149. The van der Waals surface area contributed by atoms with Crippen LogP contribution in [0, 0.1) is 34.9 Å². The Labute approximate surface area is 277 Å². The van der Waals surface area contributed by atoms with Crippen LogP contribution in [-0.4, -0.2) is 22.6 Å². The molecule has 0 fully saturated rings. The molecule has 0 bridgehead atoms. The summed E-state index contributed by atoms with van der Waals surface area (Å²) < 4.78 is 130. The first-order valence-electron chi connectivity index (χ1n) is 14.5. The number of hydrogen-bond donors (Lipinski definition) is 0. The van der Waals surface area contributed by atoms with Gasteiger partial charge in [-0.15, -0.1) is 0 Å². The summed E-state index contributed by atoms with van der Waals surface area (Å²) in [7, 11) is -2.19. The molecular weight excluding hydrogens is 666 g/mol. The highest BCUT2D eigenvalue weighted by Gasteiger charge is 2.31. The fourth-order valence-electron chi connectivity index (χ4n) is 5.68. The molecule has 0 atom stereocenters. The lowest BCUT2D eigenvalue weighted by Crippen LogP contribution is -2.09. The lowest BCUT2D eigenvalue weighted by Gasteiger charge is -2.17. The monoisotopic (exact) mass is 690 g/mol. The molecule has 0 aromatic heterocycles. The van der Waals surface area contributed by atoms with Crippen molar-refractivity contribution in [2.45, 2.75) is 9.79 Å². The van der Waals surface area contributed by atoms with Gasteiger partial charge in [0.15, 0.2) is 0 Å². The van der Waals surface area contributed by atoms with Gasteiger partial charge in [0.05, 0.1) is 24.0 Å². The van der Waals surface area contributed by atoms with E-state index in [1.165, 1.54) is 38.5 Å². The Bertz CT molecular complexity index is 2200. The average Bonchev–Trinajstić information content (AvgIpc) is 3.08. The van der Waals surface area contributed by atoms with Gasteiger partial charge >= 0.3 is 0 Å². The molecule has 0 spiro atoms. The van der Waals surface area contributed by atoms with Crippen LogP contribution in [0.4, 0.5) is 26.3 Å².